The highest BCUT2D eigenvalue weighted by Crippen LogP contribution is 2.50. The molecule has 1 aliphatic carbocycles. The summed E-state index contributed by atoms with van der Waals surface area (Å²) in [6.07, 6.45) is 4.32. The van der Waals surface area contributed by atoms with Gasteiger partial charge in [0.1, 0.15) is 5.82 Å². The number of aryl methyl sites for hydroxylation is 1. The normalized spacial score (nSPS) is 19.5. The van der Waals surface area contributed by atoms with E-state index in [1.54, 1.807) is 11.6 Å². The first kappa shape index (κ1) is 18.7. The number of hydrogen-bond acceptors (Lipinski definition) is 4. The van der Waals surface area contributed by atoms with Crippen LogP contribution in [0.2, 0.25) is 0 Å². The monoisotopic (exact) mass is 381 g/mol. The summed E-state index contributed by atoms with van der Waals surface area (Å²) < 4.78 is 1.78. The summed E-state index contributed by atoms with van der Waals surface area (Å²) in [7, 11) is 1.69. The van der Waals surface area contributed by atoms with Crippen molar-refractivity contribution in [2.75, 3.05) is 13.6 Å². The Hall–Kier alpha value is -2.63. The van der Waals surface area contributed by atoms with Crippen molar-refractivity contribution in [2.24, 2.45) is 0 Å². The van der Waals surface area contributed by atoms with E-state index in [0.29, 0.717) is 18.9 Å². The first-order valence-corrected chi connectivity index (χ1v) is 10.0. The van der Waals surface area contributed by atoms with Crippen LogP contribution in [0.1, 0.15) is 66.0 Å². The Morgan fingerprint density at radius 2 is 1.89 bits per heavy atom. The molecule has 2 heterocycles. The van der Waals surface area contributed by atoms with E-state index >= 15 is 0 Å². The summed E-state index contributed by atoms with van der Waals surface area (Å²) in [5, 5.41) is 10.3. The molecule has 1 amide bonds. The maximum absolute atomic E-state index is 12.7. The van der Waals surface area contributed by atoms with Crippen LogP contribution in [0.5, 0.6) is 5.75 Å². The number of aromatic nitrogens is 2. The average molecular weight is 381 g/mol. The Labute approximate surface area is 164 Å². The van der Waals surface area contributed by atoms with E-state index in [4.69, 9.17) is 0 Å². The molecule has 0 bridgehead atoms. The molecule has 1 saturated carbocycles. The Morgan fingerprint density at radius 3 is 2.57 bits per heavy atom. The second-order valence-electron chi connectivity index (χ2n) is 8.31. The van der Waals surface area contributed by atoms with E-state index in [1.807, 2.05) is 0 Å². The number of benzene rings is 1. The maximum atomic E-state index is 12.7. The lowest BCUT2D eigenvalue weighted by Crippen LogP contribution is -2.43. The minimum absolute atomic E-state index is 0.0416. The van der Waals surface area contributed by atoms with E-state index in [-0.39, 0.29) is 22.9 Å². The molecule has 1 aromatic heterocycles. The van der Waals surface area contributed by atoms with E-state index in [9.17, 15) is 14.7 Å². The molecule has 6 nitrogen and oxygen atoms in total. The smallest absolute Gasteiger partial charge is 0.315 e. The minimum Gasteiger partial charge on any atom is -0.501 e. The fraction of sp³-hybridized carbons (Fsp3) is 0.500. The topological polar surface area (TPSA) is 75.4 Å². The SMILES string of the molecule is Cc1cccc(C2(C(C)c3nc(=O)c(O)c4n3CCN(C)C4=O)CCCC2)c1. The molecular formula is C22H27N3O3. The lowest BCUT2D eigenvalue weighted by molar-refractivity contribution is 0.0736. The van der Waals surface area contributed by atoms with Crippen molar-refractivity contribution in [1.82, 2.24) is 14.5 Å². The molecule has 6 heteroatoms. The summed E-state index contributed by atoms with van der Waals surface area (Å²) in [6, 6.07) is 8.58. The third-order valence-corrected chi connectivity index (χ3v) is 6.70. The first-order valence-electron chi connectivity index (χ1n) is 10.0. The quantitative estimate of drug-likeness (QED) is 0.887. The van der Waals surface area contributed by atoms with Crippen molar-refractivity contribution in [3.8, 4) is 5.75 Å². The van der Waals surface area contributed by atoms with Crippen molar-refractivity contribution >= 4 is 5.91 Å². The Balaban J connectivity index is 1.90. The highest BCUT2D eigenvalue weighted by Gasteiger charge is 2.44. The molecule has 0 spiro atoms. The third kappa shape index (κ3) is 2.74. The molecule has 1 aromatic carbocycles. The molecule has 1 fully saturated rings. The molecule has 2 aliphatic rings. The summed E-state index contributed by atoms with van der Waals surface area (Å²) in [5.41, 5.74) is 1.73. The van der Waals surface area contributed by atoms with Gasteiger partial charge in [0.2, 0.25) is 5.75 Å². The van der Waals surface area contributed by atoms with Crippen LogP contribution in [-0.4, -0.2) is 39.1 Å². The highest BCUT2D eigenvalue weighted by atomic mass is 16.3. The van der Waals surface area contributed by atoms with Gasteiger partial charge >= 0.3 is 5.56 Å². The molecule has 2 aromatic rings. The van der Waals surface area contributed by atoms with Gasteiger partial charge in [-0.15, -0.1) is 0 Å². The number of hydrogen-bond donors (Lipinski definition) is 1. The standard InChI is InChI=1S/C22H27N3O3/c1-14-7-6-8-16(13-14)22(9-4-5-10-22)15(2)19-23-20(27)18(26)17-21(28)24(3)11-12-25(17)19/h6-8,13,15,26H,4-5,9-12H2,1-3H3. The van der Waals surface area contributed by atoms with Gasteiger partial charge in [0.15, 0.2) is 5.69 Å². The molecule has 4 rings (SSSR count). The fourth-order valence-corrected chi connectivity index (χ4v) is 5.05. The molecule has 1 atom stereocenters. The maximum Gasteiger partial charge on any atom is 0.315 e. The van der Waals surface area contributed by atoms with Crippen LogP contribution in [0.4, 0.5) is 0 Å². The van der Waals surface area contributed by atoms with Crippen LogP contribution >= 0.6 is 0 Å². The number of carbonyl (C=O) groups excluding carboxylic acids is 1. The van der Waals surface area contributed by atoms with Gasteiger partial charge < -0.3 is 14.6 Å². The molecule has 1 aliphatic heterocycles. The molecule has 0 radical (unpaired) electrons. The van der Waals surface area contributed by atoms with E-state index in [1.165, 1.54) is 16.0 Å². The molecule has 1 unspecified atom stereocenters. The van der Waals surface area contributed by atoms with E-state index in [0.717, 1.165) is 25.7 Å². The molecule has 28 heavy (non-hydrogen) atoms. The number of fused-ring (bicyclic) bond motifs is 1. The molecule has 1 N–H and O–H groups in total. The van der Waals surface area contributed by atoms with Crippen LogP contribution in [-0.2, 0) is 12.0 Å². The lowest BCUT2D eigenvalue weighted by Gasteiger charge is -2.38. The van der Waals surface area contributed by atoms with Gasteiger partial charge in [0.25, 0.3) is 5.91 Å². The van der Waals surface area contributed by atoms with Crippen molar-refractivity contribution in [1.29, 1.82) is 0 Å². The Bertz CT molecular complexity index is 989. The number of amides is 1. The number of aromatic hydroxyl groups is 1. The third-order valence-electron chi connectivity index (χ3n) is 6.70. The van der Waals surface area contributed by atoms with Gasteiger partial charge in [0.05, 0.1) is 0 Å². The highest BCUT2D eigenvalue weighted by molar-refractivity contribution is 5.95. The zero-order chi connectivity index (χ0) is 20.1. The van der Waals surface area contributed by atoms with Crippen molar-refractivity contribution in [2.45, 2.75) is 57.4 Å². The van der Waals surface area contributed by atoms with Gasteiger partial charge in [-0.05, 0) is 25.3 Å². The second-order valence-corrected chi connectivity index (χ2v) is 8.31. The van der Waals surface area contributed by atoms with Crippen LogP contribution in [0.25, 0.3) is 0 Å². The summed E-state index contributed by atoms with van der Waals surface area (Å²) >= 11 is 0. The zero-order valence-electron chi connectivity index (χ0n) is 16.7. The Morgan fingerprint density at radius 1 is 1.18 bits per heavy atom. The van der Waals surface area contributed by atoms with Crippen LogP contribution in [0, 0.1) is 6.92 Å². The van der Waals surface area contributed by atoms with Crippen molar-refractivity contribution in [3.05, 3.63) is 57.3 Å². The summed E-state index contributed by atoms with van der Waals surface area (Å²) in [6.45, 7) is 5.27. The van der Waals surface area contributed by atoms with Gasteiger partial charge in [-0.1, -0.05) is 49.6 Å². The zero-order valence-corrected chi connectivity index (χ0v) is 16.7. The molecule has 148 valence electrons. The van der Waals surface area contributed by atoms with Crippen LogP contribution in [0.15, 0.2) is 29.1 Å². The predicted molar refractivity (Wildman–Crippen MR) is 107 cm³/mol. The van der Waals surface area contributed by atoms with Gasteiger partial charge in [-0.2, -0.15) is 4.98 Å². The van der Waals surface area contributed by atoms with E-state index in [2.05, 4.69) is 43.1 Å². The first-order chi connectivity index (χ1) is 13.3. The van der Waals surface area contributed by atoms with Gasteiger partial charge in [-0.25, -0.2) is 0 Å². The predicted octanol–water partition coefficient (Wildman–Crippen LogP) is 2.96. The van der Waals surface area contributed by atoms with Crippen LogP contribution < -0.4 is 5.56 Å². The summed E-state index contributed by atoms with van der Waals surface area (Å²) in [5.74, 6) is -0.293. The van der Waals surface area contributed by atoms with Crippen molar-refractivity contribution in [3.63, 3.8) is 0 Å². The van der Waals surface area contributed by atoms with Crippen molar-refractivity contribution < 1.29 is 9.90 Å². The molecule has 0 saturated heterocycles. The van der Waals surface area contributed by atoms with Gasteiger partial charge in [-0.3, -0.25) is 9.59 Å². The number of carbonyl (C=O) groups is 1. The Kier molecular flexibility index (Phi) is 4.52. The average Bonchev–Trinajstić information content (AvgIpc) is 3.17. The van der Waals surface area contributed by atoms with Crippen LogP contribution in [0.3, 0.4) is 0 Å². The number of rotatable bonds is 3. The molecular weight excluding hydrogens is 354 g/mol. The minimum atomic E-state index is -0.714. The second kappa shape index (κ2) is 6.76. The summed E-state index contributed by atoms with van der Waals surface area (Å²) in [4.78, 5) is 30.9. The number of likely N-dealkylation sites (N-methyl/N-ethyl adjacent to an activating group) is 1. The fourth-order valence-electron chi connectivity index (χ4n) is 5.05. The van der Waals surface area contributed by atoms with E-state index < -0.39 is 11.3 Å². The lowest BCUT2D eigenvalue weighted by atomic mass is 9.69. The largest absolute Gasteiger partial charge is 0.501 e. The number of nitrogens with zero attached hydrogens (tertiary/aromatic N) is 3. The van der Waals surface area contributed by atoms with Gasteiger partial charge in [0, 0.05) is 31.5 Å².